The van der Waals surface area contributed by atoms with E-state index in [0.717, 1.165) is 0 Å². The quantitative estimate of drug-likeness (QED) is 0.258. The number of carboxylic acids is 2. The molecule has 31 heavy (non-hydrogen) atoms. The third kappa shape index (κ3) is 7.78. The maximum Gasteiger partial charge on any atom is 0.303 e. The fourth-order valence-corrected chi connectivity index (χ4v) is 3.04. The molecule has 0 fully saturated rings. The molecule has 1 aromatic carbocycles. The summed E-state index contributed by atoms with van der Waals surface area (Å²) in [6.07, 6.45) is -1.23. The molecule has 1 aromatic rings. The Bertz CT molecular complexity index is 1040. The molecule has 1 rings (SSSR count). The van der Waals surface area contributed by atoms with Crippen molar-refractivity contribution in [3.63, 3.8) is 0 Å². The topological polar surface area (TPSA) is 171 Å². The lowest BCUT2D eigenvalue weighted by molar-refractivity contribution is -0.138. The number of thiol groups is 1. The second kappa shape index (κ2) is 11.2. The number of azo groups is 1. The van der Waals surface area contributed by atoms with Gasteiger partial charge in [-0.05, 0) is 37.5 Å². The molecule has 11 heteroatoms. The van der Waals surface area contributed by atoms with Gasteiger partial charge in [-0.15, -0.1) is 12.6 Å². The highest BCUT2D eigenvalue weighted by atomic mass is 32.1. The van der Waals surface area contributed by atoms with Gasteiger partial charge in [-0.25, -0.2) is 0 Å². The highest BCUT2D eigenvalue weighted by Crippen LogP contribution is 2.29. The Kier molecular flexibility index (Phi) is 9.26. The summed E-state index contributed by atoms with van der Waals surface area (Å²) in [6.45, 7) is 1.38. The van der Waals surface area contributed by atoms with Crippen LogP contribution in [-0.2, 0) is 16.0 Å². The van der Waals surface area contributed by atoms with Crippen LogP contribution >= 0.6 is 24.8 Å². The summed E-state index contributed by atoms with van der Waals surface area (Å²) < 4.78 is 0.213. The van der Waals surface area contributed by atoms with Gasteiger partial charge in [-0.3, -0.25) is 9.59 Å². The Labute approximate surface area is 190 Å². The number of hydrogen-bond donors (Lipinski definition) is 3. The summed E-state index contributed by atoms with van der Waals surface area (Å²) in [7, 11) is 0. The van der Waals surface area contributed by atoms with Gasteiger partial charge in [-0.2, -0.15) is 26.0 Å². The third-order valence-electron chi connectivity index (χ3n) is 4.44. The van der Waals surface area contributed by atoms with Gasteiger partial charge < -0.3 is 10.2 Å². The van der Waals surface area contributed by atoms with Gasteiger partial charge in [0, 0.05) is 24.8 Å². The smallest absolute Gasteiger partial charge is 0.303 e. The first-order chi connectivity index (χ1) is 14.5. The summed E-state index contributed by atoms with van der Waals surface area (Å²) in [5, 5.41) is 54.5. The lowest BCUT2D eigenvalue weighted by Gasteiger charge is -2.24. The molecule has 2 atom stereocenters. The Morgan fingerprint density at radius 3 is 2.19 bits per heavy atom. The zero-order valence-electron chi connectivity index (χ0n) is 16.6. The van der Waals surface area contributed by atoms with Crippen LogP contribution in [0.4, 0.5) is 0 Å². The fourth-order valence-electron chi connectivity index (χ4n) is 2.62. The highest BCUT2D eigenvalue weighted by Gasteiger charge is 2.35. The van der Waals surface area contributed by atoms with E-state index in [0.29, 0.717) is 16.7 Å². The van der Waals surface area contributed by atoms with Gasteiger partial charge in [0.1, 0.15) is 0 Å². The Morgan fingerprint density at radius 2 is 1.71 bits per heavy atom. The maximum absolute atomic E-state index is 11.1. The molecule has 160 valence electrons. The maximum atomic E-state index is 11.1. The van der Waals surface area contributed by atoms with E-state index in [2.05, 4.69) is 22.9 Å². The first kappa shape index (κ1) is 25.7. The molecule has 9 nitrogen and oxygen atoms in total. The monoisotopic (exact) mass is 457 g/mol. The molecular weight excluding hydrogens is 438 g/mol. The average molecular weight is 458 g/mol. The van der Waals surface area contributed by atoms with Crippen molar-refractivity contribution in [1.29, 1.82) is 15.8 Å². The number of thiocarbonyl (C=S) groups is 1. The number of aliphatic carboxylic acids is 2. The molecule has 0 aliphatic rings. The van der Waals surface area contributed by atoms with Gasteiger partial charge in [-0.1, -0.05) is 18.3 Å². The van der Waals surface area contributed by atoms with E-state index in [4.69, 9.17) is 22.4 Å². The van der Waals surface area contributed by atoms with Crippen molar-refractivity contribution >= 4 is 41.0 Å². The van der Waals surface area contributed by atoms with Gasteiger partial charge in [0.25, 0.3) is 0 Å². The standard InChI is InChI=1S/C20H19N5O4S2/c1-19(11-22,6-4-16(26)27)24-25-20(12-23,7-5-17(28)29)9-14-8-13(10-21)2-3-15(14)18(30)31/h2-3,8H,4-7,9H2,1H3,(H,26,27)(H,28,29)(H,30,31). The molecule has 0 radical (unpaired) electrons. The fraction of sp³-hybridized carbons (Fsp3) is 0.400. The van der Waals surface area contributed by atoms with Gasteiger partial charge in [0.05, 0.1) is 28.0 Å². The van der Waals surface area contributed by atoms with Crippen LogP contribution in [0, 0.1) is 34.0 Å². The number of nitriles is 3. The van der Waals surface area contributed by atoms with Gasteiger partial charge in [0.15, 0.2) is 11.1 Å². The molecule has 0 aliphatic carbocycles. The van der Waals surface area contributed by atoms with Crippen LogP contribution in [0.2, 0.25) is 0 Å². The van der Waals surface area contributed by atoms with E-state index in [1.54, 1.807) is 6.07 Å². The van der Waals surface area contributed by atoms with E-state index in [1.807, 2.05) is 18.2 Å². The molecule has 0 bridgehead atoms. The number of carbonyl (C=O) groups is 2. The van der Waals surface area contributed by atoms with Crippen LogP contribution in [-0.4, -0.2) is 37.4 Å². The second-order valence-corrected chi connectivity index (χ2v) is 8.14. The largest absolute Gasteiger partial charge is 0.481 e. The molecular formula is C20H19N5O4S2. The van der Waals surface area contributed by atoms with Gasteiger partial charge >= 0.3 is 11.9 Å². The predicted molar refractivity (Wildman–Crippen MR) is 117 cm³/mol. The van der Waals surface area contributed by atoms with E-state index in [9.17, 15) is 25.4 Å². The molecule has 0 amide bonds. The third-order valence-corrected chi connectivity index (χ3v) is 4.90. The second-order valence-electron chi connectivity index (χ2n) is 6.98. The number of carboxylic acid groups (broad SMARTS) is 2. The van der Waals surface area contributed by atoms with Crippen LogP contribution in [0.3, 0.4) is 0 Å². The minimum absolute atomic E-state index is 0.133. The number of benzene rings is 1. The summed E-state index contributed by atoms with van der Waals surface area (Å²) in [5.74, 6) is -2.27. The molecule has 2 unspecified atom stereocenters. The molecule has 0 spiro atoms. The lowest BCUT2D eigenvalue weighted by Crippen LogP contribution is -2.31. The van der Waals surface area contributed by atoms with E-state index in [-0.39, 0.29) is 29.9 Å². The van der Waals surface area contributed by atoms with E-state index >= 15 is 0 Å². The zero-order valence-corrected chi connectivity index (χ0v) is 18.3. The van der Waals surface area contributed by atoms with Crippen molar-refractivity contribution in [1.82, 2.24) is 0 Å². The number of nitrogens with zero attached hydrogens (tertiary/aromatic N) is 5. The van der Waals surface area contributed by atoms with Crippen molar-refractivity contribution < 1.29 is 19.8 Å². The summed E-state index contributed by atoms with van der Waals surface area (Å²) in [5.41, 5.74) is -1.96. The number of rotatable bonds is 11. The lowest BCUT2D eigenvalue weighted by atomic mass is 9.86. The molecule has 0 heterocycles. The zero-order chi connectivity index (χ0) is 23.7. The minimum atomic E-state index is -1.68. The first-order valence-electron chi connectivity index (χ1n) is 8.96. The molecule has 2 N–H and O–H groups in total. The van der Waals surface area contributed by atoms with Crippen LogP contribution in [0.15, 0.2) is 28.4 Å². The predicted octanol–water partition coefficient (Wildman–Crippen LogP) is 3.43. The van der Waals surface area contributed by atoms with Crippen molar-refractivity contribution in [2.75, 3.05) is 0 Å². The normalized spacial score (nSPS) is 14.4. The van der Waals surface area contributed by atoms with Crippen LogP contribution < -0.4 is 0 Å². The minimum Gasteiger partial charge on any atom is -0.481 e. The van der Waals surface area contributed by atoms with Crippen molar-refractivity contribution in [3.05, 3.63) is 34.9 Å². The number of hydrogen-bond acceptors (Lipinski definition) is 8. The summed E-state index contributed by atoms with van der Waals surface area (Å²) >= 11 is 9.28. The Hall–Kier alpha value is -3.33. The first-order valence-corrected chi connectivity index (χ1v) is 9.82. The molecule has 0 saturated carbocycles. The Morgan fingerprint density at radius 1 is 1.10 bits per heavy atom. The molecule has 0 aromatic heterocycles. The summed E-state index contributed by atoms with van der Waals surface area (Å²) in [4.78, 5) is 22.0. The van der Waals surface area contributed by atoms with E-state index < -0.39 is 29.4 Å². The van der Waals surface area contributed by atoms with Crippen LogP contribution in [0.5, 0.6) is 0 Å². The Balaban J connectivity index is 3.47. The highest BCUT2D eigenvalue weighted by molar-refractivity contribution is 8.11. The average Bonchev–Trinajstić information content (AvgIpc) is 2.73. The summed E-state index contributed by atoms with van der Waals surface area (Å²) in [6, 6.07) is 10.5. The molecule has 0 saturated heterocycles. The van der Waals surface area contributed by atoms with E-state index in [1.165, 1.54) is 19.1 Å². The van der Waals surface area contributed by atoms with Gasteiger partial charge in [0.2, 0.25) is 0 Å². The SMILES string of the molecule is CC(C#N)(CCC(=O)O)N=NC(C#N)(CCC(=O)O)Cc1cc(C#N)ccc1C(=S)S. The molecule has 0 aliphatic heterocycles. The van der Waals surface area contributed by atoms with Crippen LogP contribution in [0.25, 0.3) is 0 Å². The van der Waals surface area contributed by atoms with Crippen molar-refractivity contribution in [3.8, 4) is 18.2 Å². The van der Waals surface area contributed by atoms with Crippen molar-refractivity contribution in [2.24, 2.45) is 10.2 Å². The van der Waals surface area contributed by atoms with Crippen LogP contribution in [0.1, 0.15) is 49.3 Å². The van der Waals surface area contributed by atoms with Crippen molar-refractivity contribution in [2.45, 2.75) is 50.1 Å².